The van der Waals surface area contributed by atoms with Gasteiger partial charge in [0.15, 0.2) is 0 Å². The highest BCUT2D eigenvalue weighted by Crippen LogP contribution is 2.31. The molecule has 0 N–H and O–H groups in total. The molecule has 4 heteroatoms. The van der Waals surface area contributed by atoms with E-state index in [1.54, 1.807) is 12.1 Å². The van der Waals surface area contributed by atoms with Crippen molar-refractivity contribution in [1.29, 1.82) is 0 Å². The van der Waals surface area contributed by atoms with Crippen molar-refractivity contribution in [2.75, 3.05) is 0 Å². The van der Waals surface area contributed by atoms with Gasteiger partial charge in [-0.2, -0.15) is 0 Å². The van der Waals surface area contributed by atoms with Gasteiger partial charge in [-0.05, 0) is 38.1 Å². The van der Waals surface area contributed by atoms with Crippen molar-refractivity contribution in [3.05, 3.63) is 65.1 Å². The fourth-order valence-corrected chi connectivity index (χ4v) is 2.89. The van der Waals surface area contributed by atoms with Crippen LogP contribution >= 0.6 is 11.6 Å². The summed E-state index contributed by atoms with van der Waals surface area (Å²) in [6, 6.07) is 12.3. The molecule has 0 unspecified atom stereocenters. The van der Waals surface area contributed by atoms with Crippen molar-refractivity contribution in [3.8, 4) is 5.75 Å². The zero-order chi connectivity index (χ0) is 15.7. The molecule has 3 rings (SSSR count). The van der Waals surface area contributed by atoms with Gasteiger partial charge in [-0.1, -0.05) is 23.7 Å². The number of hydrogen-bond acceptors (Lipinski definition) is 1. The van der Waals surface area contributed by atoms with E-state index in [0.717, 1.165) is 16.5 Å². The third-order valence-electron chi connectivity index (χ3n) is 3.63. The van der Waals surface area contributed by atoms with Gasteiger partial charge < -0.3 is 9.30 Å². The van der Waals surface area contributed by atoms with E-state index in [1.807, 2.05) is 18.2 Å². The highest BCUT2D eigenvalue weighted by molar-refractivity contribution is 6.35. The first kappa shape index (κ1) is 14.9. The molecule has 0 bridgehead atoms. The number of rotatable bonds is 4. The molecule has 114 valence electrons. The summed E-state index contributed by atoms with van der Waals surface area (Å²) >= 11 is 6.36. The third kappa shape index (κ3) is 2.81. The van der Waals surface area contributed by atoms with Crippen molar-refractivity contribution < 1.29 is 9.13 Å². The second-order valence-corrected chi connectivity index (χ2v) is 5.94. The number of hydrogen-bond donors (Lipinski definition) is 0. The first-order valence-corrected chi connectivity index (χ1v) is 7.60. The Labute approximate surface area is 134 Å². The second kappa shape index (κ2) is 6.01. The van der Waals surface area contributed by atoms with Crippen LogP contribution in [0.15, 0.2) is 48.7 Å². The van der Waals surface area contributed by atoms with Gasteiger partial charge in [0, 0.05) is 29.3 Å². The average molecular weight is 318 g/mol. The summed E-state index contributed by atoms with van der Waals surface area (Å²) in [6.07, 6.45) is 2.06. The van der Waals surface area contributed by atoms with Crippen LogP contribution < -0.4 is 4.74 Å². The molecular weight excluding hydrogens is 301 g/mol. The van der Waals surface area contributed by atoms with Gasteiger partial charge >= 0.3 is 0 Å². The van der Waals surface area contributed by atoms with Gasteiger partial charge in [-0.3, -0.25) is 0 Å². The van der Waals surface area contributed by atoms with Crippen LogP contribution in [0.25, 0.3) is 10.9 Å². The maximum absolute atomic E-state index is 13.2. The molecule has 0 fully saturated rings. The predicted molar refractivity (Wildman–Crippen MR) is 88.1 cm³/mol. The minimum atomic E-state index is -0.305. The van der Waals surface area contributed by atoms with Crippen molar-refractivity contribution in [2.45, 2.75) is 26.5 Å². The van der Waals surface area contributed by atoms with E-state index in [9.17, 15) is 4.39 Å². The Morgan fingerprint density at radius 2 is 1.95 bits per heavy atom. The molecule has 0 aliphatic carbocycles. The smallest absolute Gasteiger partial charge is 0.126 e. The van der Waals surface area contributed by atoms with Crippen LogP contribution in [-0.4, -0.2) is 4.57 Å². The van der Waals surface area contributed by atoms with Crippen molar-refractivity contribution in [3.63, 3.8) is 0 Å². The van der Waals surface area contributed by atoms with Crippen LogP contribution in [0.4, 0.5) is 4.39 Å². The Hall–Kier alpha value is -2.00. The van der Waals surface area contributed by atoms with E-state index in [1.165, 1.54) is 12.1 Å². The number of aromatic nitrogens is 1. The van der Waals surface area contributed by atoms with Gasteiger partial charge in [0.2, 0.25) is 0 Å². The minimum absolute atomic E-state index is 0.305. The third-order valence-corrected chi connectivity index (χ3v) is 3.95. The Bertz CT molecular complexity index is 810. The Balaban J connectivity index is 1.96. The fraction of sp³-hybridized carbons (Fsp3) is 0.222. The molecule has 0 aliphatic heterocycles. The van der Waals surface area contributed by atoms with E-state index in [-0.39, 0.29) is 5.82 Å². The van der Waals surface area contributed by atoms with Crippen molar-refractivity contribution in [2.24, 2.45) is 0 Å². The molecule has 0 spiro atoms. The van der Waals surface area contributed by atoms with Crippen LogP contribution in [0.3, 0.4) is 0 Å². The van der Waals surface area contributed by atoms with Gasteiger partial charge in [0.05, 0.1) is 10.5 Å². The summed E-state index contributed by atoms with van der Waals surface area (Å²) in [6.45, 7) is 4.60. The normalized spacial score (nSPS) is 11.3. The summed E-state index contributed by atoms with van der Waals surface area (Å²) in [5.74, 6) is 0.206. The standard InChI is InChI=1S/C18H17ClFNO/c1-12(2)21-10-13(18-16(19)7-4-8-17(18)21)11-22-15-6-3-5-14(20)9-15/h3-10,12H,11H2,1-2H3. The first-order chi connectivity index (χ1) is 10.6. The number of ether oxygens (including phenoxy) is 1. The summed E-state index contributed by atoms with van der Waals surface area (Å²) in [4.78, 5) is 0. The molecule has 2 nitrogen and oxygen atoms in total. The molecule has 1 aromatic heterocycles. The van der Waals surface area contributed by atoms with E-state index in [4.69, 9.17) is 16.3 Å². The second-order valence-electron chi connectivity index (χ2n) is 5.54. The highest BCUT2D eigenvalue weighted by atomic mass is 35.5. The average Bonchev–Trinajstić information content (AvgIpc) is 2.86. The lowest BCUT2D eigenvalue weighted by atomic mass is 10.2. The number of benzene rings is 2. The van der Waals surface area contributed by atoms with Gasteiger partial charge in [0.1, 0.15) is 18.2 Å². The van der Waals surface area contributed by atoms with Crippen LogP contribution in [0.5, 0.6) is 5.75 Å². The lowest BCUT2D eigenvalue weighted by Gasteiger charge is -2.08. The molecule has 2 aromatic carbocycles. The van der Waals surface area contributed by atoms with E-state index in [2.05, 4.69) is 24.6 Å². The summed E-state index contributed by atoms with van der Waals surface area (Å²) in [5, 5.41) is 1.70. The van der Waals surface area contributed by atoms with Crippen LogP contribution in [0, 0.1) is 5.82 Å². The summed E-state index contributed by atoms with van der Waals surface area (Å²) < 4.78 is 21.1. The molecule has 0 amide bonds. The fourth-order valence-electron chi connectivity index (χ4n) is 2.60. The monoisotopic (exact) mass is 317 g/mol. The van der Waals surface area contributed by atoms with Crippen molar-refractivity contribution >= 4 is 22.5 Å². The molecule has 0 saturated carbocycles. The molecule has 3 aromatic rings. The first-order valence-electron chi connectivity index (χ1n) is 7.22. The Kier molecular flexibility index (Phi) is 4.08. The topological polar surface area (TPSA) is 14.2 Å². The zero-order valence-corrected chi connectivity index (χ0v) is 13.3. The lowest BCUT2D eigenvalue weighted by Crippen LogP contribution is -1.98. The lowest BCUT2D eigenvalue weighted by molar-refractivity contribution is 0.305. The van der Waals surface area contributed by atoms with Crippen molar-refractivity contribution in [1.82, 2.24) is 4.57 Å². The minimum Gasteiger partial charge on any atom is -0.489 e. The molecule has 0 atom stereocenters. The SMILES string of the molecule is CC(C)n1cc(COc2cccc(F)c2)c2c(Cl)cccc21. The molecule has 0 saturated heterocycles. The van der Waals surface area contributed by atoms with Gasteiger partial charge in [-0.25, -0.2) is 4.39 Å². The largest absolute Gasteiger partial charge is 0.489 e. The van der Waals surface area contributed by atoms with Gasteiger partial charge in [0.25, 0.3) is 0 Å². The van der Waals surface area contributed by atoms with Crippen LogP contribution in [0.1, 0.15) is 25.5 Å². The quantitative estimate of drug-likeness (QED) is 0.611. The Morgan fingerprint density at radius 1 is 1.18 bits per heavy atom. The summed E-state index contributed by atoms with van der Waals surface area (Å²) in [7, 11) is 0. The van der Waals surface area contributed by atoms with Crippen LogP contribution in [-0.2, 0) is 6.61 Å². The van der Waals surface area contributed by atoms with E-state index >= 15 is 0 Å². The highest BCUT2D eigenvalue weighted by Gasteiger charge is 2.13. The summed E-state index contributed by atoms with van der Waals surface area (Å²) in [5.41, 5.74) is 2.08. The van der Waals surface area contributed by atoms with Gasteiger partial charge in [-0.15, -0.1) is 0 Å². The molecule has 0 radical (unpaired) electrons. The number of fused-ring (bicyclic) bond motifs is 1. The molecule has 1 heterocycles. The number of halogens is 2. The predicted octanol–water partition coefficient (Wildman–Crippen LogP) is 5.59. The molecule has 22 heavy (non-hydrogen) atoms. The van der Waals surface area contributed by atoms with Crippen LogP contribution in [0.2, 0.25) is 5.02 Å². The zero-order valence-electron chi connectivity index (χ0n) is 12.5. The van der Waals surface area contributed by atoms with E-state index < -0.39 is 0 Å². The maximum atomic E-state index is 13.2. The maximum Gasteiger partial charge on any atom is 0.126 e. The Morgan fingerprint density at radius 3 is 2.68 bits per heavy atom. The molecule has 0 aliphatic rings. The number of nitrogens with zero attached hydrogens (tertiary/aromatic N) is 1. The van der Waals surface area contributed by atoms with E-state index in [0.29, 0.717) is 23.4 Å². The molecular formula is C18H17ClFNO.